The minimum Gasteiger partial charge on any atom is -0.478 e. The topological polar surface area (TPSA) is 122 Å². The number of carbonyl (C=O) groups is 4. The lowest BCUT2D eigenvalue weighted by molar-refractivity contribution is -0.152. The van der Waals surface area contributed by atoms with E-state index in [0.29, 0.717) is 17.9 Å². The Morgan fingerprint density at radius 1 is 0.578 bits per heavy atom. The van der Waals surface area contributed by atoms with Gasteiger partial charge in [-0.2, -0.15) is 0 Å². The number of nitrogens with zero attached hydrogens (tertiary/aromatic N) is 2. The maximum atomic E-state index is 12.0. The Hall–Kier alpha value is -3.12. The molecule has 252 valence electrons. The van der Waals surface area contributed by atoms with Crippen LogP contribution in [0.2, 0.25) is 0 Å². The molecule has 0 aromatic carbocycles. The van der Waals surface area contributed by atoms with Gasteiger partial charge < -0.3 is 9.84 Å². The first-order valence-corrected chi connectivity index (χ1v) is 17.3. The largest absolute Gasteiger partial charge is 0.478 e. The Kier molecular flexibility index (Phi) is 23.2. The second-order valence-electron chi connectivity index (χ2n) is 12.6. The van der Waals surface area contributed by atoms with Crippen LogP contribution in [0.5, 0.6) is 0 Å². The minimum atomic E-state index is -0.981. The number of rotatable bonds is 9. The number of hydrogen-bond donors (Lipinski definition) is 1. The third-order valence-corrected chi connectivity index (χ3v) is 8.82. The van der Waals surface area contributed by atoms with Gasteiger partial charge in [-0.05, 0) is 37.5 Å². The Balaban J connectivity index is 0.000000324. The summed E-state index contributed by atoms with van der Waals surface area (Å²) in [6.45, 7) is 9.13. The van der Waals surface area contributed by atoms with Gasteiger partial charge in [0.2, 0.25) is 0 Å². The van der Waals surface area contributed by atoms with E-state index in [2.05, 4.69) is 40.5 Å². The number of esters is 2. The molecule has 0 atom stereocenters. The molecule has 0 aliphatic heterocycles. The molecule has 4 rings (SSSR count). The molecule has 8 nitrogen and oxygen atoms in total. The number of ketones is 1. The smallest absolute Gasteiger partial charge is 0.338 e. The van der Waals surface area contributed by atoms with Crippen molar-refractivity contribution >= 4 is 29.7 Å². The van der Waals surface area contributed by atoms with E-state index in [9.17, 15) is 19.2 Å². The molecule has 4 fully saturated rings. The lowest BCUT2D eigenvalue weighted by Crippen LogP contribution is -2.16. The van der Waals surface area contributed by atoms with Gasteiger partial charge in [0.05, 0.1) is 18.1 Å². The van der Waals surface area contributed by atoms with Crippen LogP contribution >= 0.6 is 0 Å². The highest BCUT2D eigenvalue weighted by molar-refractivity contribution is 5.95. The van der Waals surface area contributed by atoms with Crippen molar-refractivity contribution in [1.82, 2.24) is 0 Å². The monoisotopic (exact) mass is 626 g/mol. The molecule has 0 bridgehead atoms. The van der Waals surface area contributed by atoms with Gasteiger partial charge in [-0.3, -0.25) is 4.79 Å². The zero-order valence-corrected chi connectivity index (χ0v) is 27.6. The third-order valence-electron chi connectivity index (χ3n) is 8.82. The number of hydrogen-bond acceptors (Lipinski definition) is 7. The molecule has 0 heterocycles. The van der Waals surface area contributed by atoms with Gasteiger partial charge in [-0.15, -0.1) is 0 Å². The quantitative estimate of drug-likeness (QED) is 0.118. The number of carboxylic acid groups (broad SMARTS) is 1. The zero-order valence-electron chi connectivity index (χ0n) is 27.6. The Labute approximate surface area is 271 Å². The molecule has 4 aliphatic carbocycles. The standard InChI is InChI=1S/C15H26O.C13H22N2.C6H6O3.C3H4O2/c16-15(11-13-7-3-1-4-8-13)12-14-9-5-2-6-10-14;1-3-7-12(8-4-1)14-11-15-13-9-5-2-6-10-13;1-3-5(7)9-6(8)4-2;1-2-3(4)5/h13-14H,1-12H2;12-13H,1-10H2;3-4H,1-2H2;2H,1H2,(H,4,5). The fraction of sp³-hybridized carbons (Fsp3) is 0.703. The molecule has 0 unspecified atom stereocenters. The maximum absolute atomic E-state index is 12.0. The molecule has 0 spiro atoms. The van der Waals surface area contributed by atoms with Gasteiger partial charge in [0.15, 0.2) is 0 Å². The van der Waals surface area contributed by atoms with Crippen LogP contribution in [0.1, 0.15) is 141 Å². The normalized spacial score (nSPS) is 19.1. The van der Waals surface area contributed by atoms with Crippen molar-refractivity contribution < 1.29 is 29.0 Å². The van der Waals surface area contributed by atoms with E-state index in [1.54, 1.807) is 0 Å². The molecule has 4 saturated carbocycles. The summed E-state index contributed by atoms with van der Waals surface area (Å²) in [7, 11) is 0. The molecule has 8 heteroatoms. The first kappa shape index (κ1) is 39.9. The van der Waals surface area contributed by atoms with Gasteiger partial charge in [0, 0.05) is 31.1 Å². The van der Waals surface area contributed by atoms with Crippen molar-refractivity contribution in [3.63, 3.8) is 0 Å². The maximum Gasteiger partial charge on any atom is 0.338 e. The molecule has 4 aliphatic rings. The average Bonchev–Trinajstić information content (AvgIpc) is 3.07. The summed E-state index contributed by atoms with van der Waals surface area (Å²) in [4.78, 5) is 50.5. The van der Waals surface area contributed by atoms with Crippen LogP contribution in [-0.2, 0) is 23.9 Å². The van der Waals surface area contributed by atoms with Crippen molar-refractivity contribution in [2.45, 2.75) is 153 Å². The molecule has 0 amide bonds. The fourth-order valence-electron chi connectivity index (χ4n) is 6.31. The lowest BCUT2D eigenvalue weighted by Gasteiger charge is -2.24. The molecule has 45 heavy (non-hydrogen) atoms. The van der Waals surface area contributed by atoms with Gasteiger partial charge in [0.1, 0.15) is 5.78 Å². The highest BCUT2D eigenvalue weighted by atomic mass is 16.6. The predicted molar refractivity (Wildman–Crippen MR) is 180 cm³/mol. The number of carboxylic acids is 1. The highest BCUT2D eigenvalue weighted by Gasteiger charge is 2.21. The van der Waals surface area contributed by atoms with E-state index in [0.717, 1.165) is 42.9 Å². The Bertz CT molecular complexity index is 897. The van der Waals surface area contributed by atoms with Gasteiger partial charge in [-0.25, -0.2) is 24.4 Å². The van der Waals surface area contributed by atoms with E-state index in [1.807, 2.05) is 0 Å². The van der Waals surface area contributed by atoms with Crippen molar-refractivity contribution in [2.24, 2.45) is 21.8 Å². The summed E-state index contributed by atoms with van der Waals surface area (Å²) < 4.78 is 4.03. The summed E-state index contributed by atoms with van der Waals surface area (Å²) in [6.07, 6.45) is 31.1. The molecule has 0 aromatic rings. The molecular formula is C37H58N2O6. The van der Waals surface area contributed by atoms with Crippen LogP contribution in [-0.4, -0.2) is 46.9 Å². The van der Waals surface area contributed by atoms with E-state index >= 15 is 0 Å². The van der Waals surface area contributed by atoms with Gasteiger partial charge in [0.25, 0.3) is 0 Å². The van der Waals surface area contributed by atoms with Crippen LogP contribution < -0.4 is 0 Å². The third kappa shape index (κ3) is 22.1. The second-order valence-corrected chi connectivity index (χ2v) is 12.6. The number of carbonyl (C=O) groups excluding carboxylic acids is 3. The van der Waals surface area contributed by atoms with E-state index in [1.165, 1.54) is 128 Å². The summed E-state index contributed by atoms with van der Waals surface area (Å²) in [6, 6.07) is 4.04. The van der Waals surface area contributed by atoms with Crippen LogP contribution in [0.25, 0.3) is 0 Å². The van der Waals surface area contributed by atoms with Crippen LogP contribution in [0.3, 0.4) is 0 Å². The van der Waals surface area contributed by atoms with E-state index in [-0.39, 0.29) is 0 Å². The second kappa shape index (κ2) is 26.1. The summed E-state index contributed by atoms with van der Waals surface area (Å²) in [5.41, 5.74) is 0. The summed E-state index contributed by atoms with van der Waals surface area (Å²) in [5.74, 6) is -0.460. The minimum absolute atomic E-state index is 0.533. The van der Waals surface area contributed by atoms with E-state index in [4.69, 9.17) is 5.11 Å². The van der Waals surface area contributed by atoms with Gasteiger partial charge in [-0.1, -0.05) is 122 Å². The SMILES string of the molecule is C(=NC1CCCCC1)=NC1CCCCC1.C=CC(=O)O.C=CC(=O)OC(=O)C=C.O=C(CC1CCCCC1)CC1CCCCC1. The highest BCUT2D eigenvalue weighted by Crippen LogP contribution is 2.30. The zero-order chi connectivity index (χ0) is 33.1. The van der Waals surface area contributed by atoms with Crippen molar-refractivity contribution in [2.75, 3.05) is 0 Å². The molecular weight excluding hydrogens is 568 g/mol. The average molecular weight is 627 g/mol. The van der Waals surface area contributed by atoms with Crippen LogP contribution in [0, 0.1) is 11.8 Å². The Morgan fingerprint density at radius 3 is 1.18 bits per heavy atom. The number of ether oxygens (including phenoxy) is 1. The molecule has 1 N–H and O–H groups in total. The lowest BCUT2D eigenvalue weighted by atomic mass is 9.81. The fourth-order valence-corrected chi connectivity index (χ4v) is 6.31. The predicted octanol–water partition coefficient (Wildman–Crippen LogP) is 9.01. The van der Waals surface area contributed by atoms with Crippen molar-refractivity contribution in [3.8, 4) is 0 Å². The first-order chi connectivity index (χ1) is 21.8. The van der Waals surface area contributed by atoms with Crippen LogP contribution in [0.15, 0.2) is 47.9 Å². The number of aliphatic carboxylic acids is 1. The first-order valence-electron chi connectivity index (χ1n) is 17.3. The van der Waals surface area contributed by atoms with Crippen LogP contribution in [0.4, 0.5) is 0 Å². The Morgan fingerprint density at radius 2 is 0.889 bits per heavy atom. The number of aliphatic imine (C=N–C) groups is 2. The van der Waals surface area contributed by atoms with Gasteiger partial charge >= 0.3 is 17.9 Å². The summed E-state index contributed by atoms with van der Waals surface area (Å²) >= 11 is 0. The molecule has 0 radical (unpaired) electrons. The molecule has 0 saturated heterocycles. The number of Topliss-reactive ketones (excluding diaryl/α,β-unsaturated/α-hetero) is 1. The van der Waals surface area contributed by atoms with E-state index < -0.39 is 17.9 Å². The molecule has 0 aromatic heterocycles. The van der Waals surface area contributed by atoms with Crippen molar-refractivity contribution in [3.05, 3.63) is 38.0 Å². The summed E-state index contributed by atoms with van der Waals surface area (Å²) in [5, 5.41) is 7.60. The van der Waals surface area contributed by atoms with Crippen molar-refractivity contribution in [1.29, 1.82) is 0 Å².